The third-order valence-electron chi connectivity index (χ3n) is 2.86. The second kappa shape index (κ2) is 6.92. The molecule has 2 rings (SSSR count). The molecule has 2 aromatic rings. The van der Waals surface area contributed by atoms with E-state index in [1.54, 1.807) is 7.11 Å². The van der Waals surface area contributed by atoms with E-state index in [2.05, 4.69) is 34.4 Å². The molecule has 5 nitrogen and oxygen atoms in total. The monoisotopic (exact) mass is 286 g/mol. The van der Waals surface area contributed by atoms with Gasteiger partial charge in [-0.3, -0.25) is 0 Å². The topological polar surface area (TPSA) is 59.1 Å². The van der Waals surface area contributed by atoms with Crippen molar-refractivity contribution < 1.29 is 4.74 Å². The third kappa shape index (κ3) is 4.63. The van der Waals surface area contributed by atoms with Crippen LogP contribution < -0.4 is 15.4 Å². The Morgan fingerprint density at radius 2 is 2.00 bits per heavy atom. The van der Waals surface area contributed by atoms with Crippen LogP contribution in [0.4, 0.5) is 17.5 Å². The average molecular weight is 286 g/mol. The lowest BCUT2D eigenvalue weighted by Gasteiger charge is -2.11. The van der Waals surface area contributed by atoms with Gasteiger partial charge in [0.1, 0.15) is 11.6 Å². The normalized spacial score (nSPS) is 10.5. The Morgan fingerprint density at radius 1 is 1.19 bits per heavy atom. The predicted octanol–water partition coefficient (Wildman–Crippen LogP) is 3.61. The number of rotatable bonds is 6. The highest BCUT2D eigenvalue weighted by molar-refractivity contribution is 5.59. The molecule has 1 aromatic heterocycles. The van der Waals surface area contributed by atoms with Crippen LogP contribution in [0.5, 0.6) is 5.75 Å². The maximum Gasteiger partial charge on any atom is 0.224 e. The van der Waals surface area contributed by atoms with E-state index in [1.165, 1.54) is 0 Å². The molecule has 5 heteroatoms. The number of hydrogen-bond acceptors (Lipinski definition) is 5. The molecule has 0 spiro atoms. The smallest absolute Gasteiger partial charge is 0.224 e. The van der Waals surface area contributed by atoms with Crippen LogP contribution >= 0.6 is 0 Å². The van der Waals surface area contributed by atoms with Gasteiger partial charge in [0, 0.05) is 30.1 Å². The van der Waals surface area contributed by atoms with Gasteiger partial charge < -0.3 is 15.4 Å². The van der Waals surface area contributed by atoms with Crippen LogP contribution in [0, 0.1) is 12.8 Å². The van der Waals surface area contributed by atoms with Gasteiger partial charge in [0.25, 0.3) is 0 Å². The van der Waals surface area contributed by atoms with E-state index in [9.17, 15) is 0 Å². The van der Waals surface area contributed by atoms with Crippen molar-refractivity contribution in [1.82, 2.24) is 9.97 Å². The Morgan fingerprint density at radius 3 is 2.71 bits per heavy atom. The minimum atomic E-state index is 0.545. The standard InChI is InChI=1S/C16H22N4O/c1-11(2)10-17-16-18-12(3)8-15(20-16)19-13-6-5-7-14(9-13)21-4/h5-9,11H,10H2,1-4H3,(H2,17,18,19,20). The van der Waals surface area contributed by atoms with Crippen molar-refractivity contribution in [3.63, 3.8) is 0 Å². The van der Waals surface area contributed by atoms with Crippen LogP contribution in [0.2, 0.25) is 0 Å². The Kier molecular flexibility index (Phi) is 4.98. The molecule has 0 amide bonds. The summed E-state index contributed by atoms with van der Waals surface area (Å²) in [6.45, 7) is 7.11. The highest BCUT2D eigenvalue weighted by Crippen LogP contribution is 2.21. The van der Waals surface area contributed by atoms with Crippen LogP contribution in [0.1, 0.15) is 19.5 Å². The van der Waals surface area contributed by atoms with Crippen molar-refractivity contribution >= 4 is 17.5 Å². The van der Waals surface area contributed by atoms with E-state index in [0.717, 1.165) is 29.5 Å². The van der Waals surface area contributed by atoms with Crippen molar-refractivity contribution in [2.45, 2.75) is 20.8 Å². The van der Waals surface area contributed by atoms with Crippen molar-refractivity contribution in [2.75, 3.05) is 24.3 Å². The van der Waals surface area contributed by atoms with Crippen LogP contribution in [0.3, 0.4) is 0 Å². The molecule has 0 bridgehead atoms. The molecule has 0 radical (unpaired) electrons. The lowest BCUT2D eigenvalue weighted by Crippen LogP contribution is -2.11. The van der Waals surface area contributed by atoms with Gasteiger partial charge in [0.15, 0.2) is 0 Å². The van der Waals surface area contributed by atoms with Crippen molar-refractivity contribution in [3.8, 4) is 5.75 Å². The quantitative estimate of drug-likeness (QED) is 0.849. The Bertz CT molecular complexity index is 599. The van der Waals surface area contributed by atoms with Crippen molar-refractivity contribution in [3.05, 3.63) is 36.0 Å². The summed E-state index contributed by atoms with van der Waals surface area (Å²) in [7, 11) is 1.65. The zero-order chi connectivity index (χ0) is 15.2. The Hall–Kier alpha value is -2.30. The summed E-state index contributed by atoms with van der Waals surface area (Å²) in [5.41, 5.74) is 1.85. The molecule has 2 N–H and O–H groups in total. The van der Waals surface area contributed by atoms with E-state index in [-0.39, 0.29) is 0 Å². The number of hydrogen-bond donors (Lipinski definition) is 2. The van der Waals surface area contributed by atoms with Gasteiger partial charge in [-0.15, -0.1) is 0 Å². The number of aromatic nitrogens is 2. The number of anilines is 3. The van der Waals surface area contributed by atoms with Crippen LogP contribution in [0.25, 0.3) is 0 Å². The van der Waals surface area contributed by atoms with Crippen molar-refractivity contribution in [1.29, 1.82) is 0 Å². The summed E-state index contributed by atoms with van der Waals surface area (Å²) in [5.74, 6) is 2.77. The summed E-state index contributed by atoms with van der Waals surface area (Å²) in [6.07, 6.45) is 0. The number of nitrogens with one attached hydrogen (secondary N) is 2. The third-order valence-corrected chi connectivity index (χ3v) is 2.86. The largest absolute Gasteiger partial charge is 0.497 e. The molecular weight excluding hydrogens is 264 g/mol. The summed E-state index contributed by atoms with van der Waals surface area (Å²) in [4.78, 5) is 8.88. The first-order valence-electron chi connectivity index (χ1n) is 7.07. The Balaban J connectivity index is 2.15. The van der Waals surface area contributed by atoms with Gasteiger partial charge in [0.2, 0.25) is 5.95 Å². The molecule has 0 aliphatic carbocycles. The minimum absolute atomic E-state index is 0.545. The molecule has 0 fully saturated rings. The fraction of sp³-hybridized carbons (Fsp3) is 0.375. The van der Waals surface area contributed by atoms with E-state index in [1.807, 2.05) is 37.3 Å². The SMILES string of the molecule is COc1cccc(Nc2cc(C)nc(NCC(C)C)n2)c1. The lowest BCUT2D eigenvalue weighted by atomic mass is 10.2. The molecule has 0 saturated heterocycles. The zero-order valence-electron chi connectivity index (χ0n) is 13.0. The molecule has 1 heterocycles. The number of benzene rings is 1. The molecule has 0 atom stereocenters. The van der Waals surface area contributed by atoms with Crippen LogP contribution in [-0.4, -0.2) is 23.6 Å². The fourth-order valence-corrected chi connectivity index (χ4v) is 1.86. The number of methoxy groups -OCH3 is 1. The van der Waals surface area contributed by atoms with Gasteiger partial charge in [-0.2, -0.15) is 4.98 Å². The molecule has 0 aliphatic rings. The molecule has 0 saturated carbocycles. The summed E-state index contributed by atoms with van der Waals surface area (Å²) in [5, 5.41) is 6.52. The first kappa shape index (κ1) is 15.1. The predicted molar refractivity (Wildman–Crippen MR) is 86.4 cm³/mol. The summed E-state index contributed by atoms with van der Waals surface area (Å²) >= 11 is 0. The maximum absolute atomic E-state index is 5.22. The Labute approximate surface area is 125 Å². The highest BCUT2D eigenvalue weighted by Gasteiger charge is 2.04. The average Bonchev–Trinajstić information content (AvgIpc) is 2.45. The molecule has 112 valence electrons. The molecule has 0 aliphatic heterocycles. The van der Waals surface area contributed by atoms with E-state index in [0.29, 0.717) is 11.9 Å². The van der Waals surface area contributed by atoms with Gasteiger partial charge in [-0.25, -0.2) is 4.98 Å². The highest BCUT2D eigenvalue weighted by atomic mass is 16.5. The van der Waals surface area contributed by atoms with E-state index in [4.69, 9.17) is 4.74 Å². The first-order valence-corrected chi connectivity index (χ1v) is 7.07. The van der Waals surface area contributed by atoms with E-state index < -0.39 is 0 Å². The molecule has 21 heavy (non-hydrogen) atoms. The second-order valence-corrected chi connectivity index (χ2v) is 5.35. The zero-order valence-corrected chi connectivity index (χ0v) is 13.0. The second-order valence-electron chi connectivity index (χ2n) is 5.35. The maximum atomic E-state index is 5.22. The lowest BCUT2D eigenvalue weighted by molar-refractivity contribution is 0.415. The number of ether oxygens (including phenoxy) is 1. The summed E-state index contributed by atoms with van der Waals surface area (Å²) in [6, 6.07) is 9.67. The van der Waals surface area contributed by atoms with Crippen molar-refractivity contribution in [2.24, 2.45) is 5.92 Å². The first-order chi connectivity index (χ1) is 10.1. The molecular formula is C16H22N4O. The van der Waals surface area contributed by atoms with Gasteiger partial charge >= 0.3 is 0 Å². The van der Waals surface area contributed by atoms with Crippen LogP contribution in [-0.2, 0) is 0 Å². The van der Waals surface area contributed by atoms with Crippen LogP contribution in [0.15, 0.2) is 30.3 Å². The number of nitrogens with zero attached hydrogens (tertiary/aromatic N) is 2. The summed E-state index contributed by atoms with van der Waals surface area (Å²) < 4.78 is 5.22. The van der Waals surface area contributed by atoms with Gasteiger partial charge in [0.05, 0.1) is 7.11 Å². The minimum Gasteiger partial charge on any atom is -0.497 e. The van der Waals surface area contributed by atoms with Gasteiger partial charge in [-0.1, -0.05) is 19.9 Å². The fourth-order valence-electron chi connectivity index (χ4n) is 1.86. The molecule has 1 aromatic carbocycles. The van der Waals surface area contributed by atoms with E-state index >= 15 is 0 Å². The molecule has 0 unspecified atom stereocenters. The van der Waals surface area contributed by atoms with Gasteiger partial charge in [-0.05, 0) is 25.0 Å². The number of aryl methyl sites for hydroxylation is 1.